The summed E-state index contributed by atoms with van der Waals surface area (Å²) in [6.07, 6.45) is 20.4. The molecular formula is C35H52N4O4. The highest BCUT2D eigenvalue weighted by Crippen LogP contribution is 2.52. The molecule has 8 heteroatoms. The second kappa shape index (κ2) is 15.8. The largest absolute Gasteiger partial charge is 0.459 e. The highest BCUT2D eigenvalue weighted by atomic mass is 16.5. The number of amides is 2. The zero-order valence-electron chi connectivity index (χ0n) is 26.2. The normalized spacial score (nSPS) is 25.5. The number of allylic oxidation sites excluding steroid dienone is 2. The fourth-order valence-electron chi connectivity index (χ4n) is 7.65. The molecule has 0 radical (unpaired) electrons. The van der Waals surface area contributed by atoms with E-state index in [2.05, 4.69) is 33.9 Å². The van der Waals surface area contributed by atoms with Gasteiger partial charge in [-0.3, -0.25) is 24.2 Å². The summed E-state index contributed by atoms with van der Waals surface area (Å²) in [5.74, 6) is 0.524. The van der Waals surface area contributed by atoms with Gasteiger partial charge < -0.3 is 9.64 Å². The number of hydrogen-bond acceptors (Lipinski definition) is 7. The Morgan fingerprint density at radius 2 is 1.44 bits per heavy atom. The molecule has 43 heavy (non-hydrogen) atoms. The molecule has 1 aromatic heterocycles. The quantitative estimate of drug-likeness (QED) is 0.0947. The number of nitrogens with zero attached hydrogens (tertiary/aromatic N) is 4. The number of piperazine rings is 1. The first-order valence-corrected chi connectivity index (χ1v) is 17.2. The van der Waals surface area contributed by atoms with E-state index in [1.54, 1.807) is 0 Å². The minimum Gasteiger partial charge on any atom is -0.459 e. The lowest BCUT2D eigenvalue weighted by molar-refractivity contribution is -0.155. The summed E-state index contributed by atoms with van der Waals surface area (Å²) in [7, 11) is 0. The number of hydrogen-bond donors (Lipinski definition) is 0. The Kier molecular flexibility index (Phi) is 11.7. The van der Waals surface area contributed by atoms with E-state index >= 15 is 0 Å². The predicted octanol–water partition coefficient (Wildman–Crippen LogP) is 5.62. The molecule has 8 nitrogen and oxygen atoms in total. The third-order valence-corrected chi connectivity index (χ3v) is 10.0. The molecule has 4 aliphatic rings. The van der Waals surface area contributed by atoms with Crippen molar-refractivity contribution in [2.45, 2.75) is 96.5 Å². The smallest absolute Gasteiger partial charge is 0.306 e. The van der Waals surface area contributed by atoms with E-state index in [1.807, 2.05) is 24.4 Å². The van der Waals surface area contributed by atoms with Crippen molar-refractivity contribution >= 4 is 23.6 Å². The van der Waals surface area contributed by atoms with Crippen molar-refractivity contribution in [3.05, 3.63) is 36.5 Å². The van der Waals surface area contributed by atoms with Crippen molar-refractivity contribution < 1.29 is 19.1 Å². The molecule has 236 valence electrons. The van der Waals surface area contributed by atoms with Gasteiger partial charge in [-0.05, 0) is 36.8 Å². The number of anilines is 1. The first-order valence-electron chi connectivity index (χ1n) is 17.2. The van der Waals surface area contributed by atoms with Gasteiger partial charge >= 0.3 is 5.97 Å². The first kappa shape index (κ1) is 31.7. The van der Waals surface area contributed by atoms with Crippen LogP contribution in [0.3, 0.4) is 0 Å². The topological polar surface area (TPSA) is 83.1 Å². The van der Waals surface area contributed by atoms with Crippen molar-refractivity contribution in [2.24, 2.45) is 23.7 Å². The number of carbonyl (C=O) groups is 3. The zero-order valence-corrected chi connectivity index (χ0v) is 26.2. The van der Waals surface area contributed by atoms with Crippen LogP contribution in [0.25, 0.3) is 0 Å². The van der Waals surface area contributed by atoms with Crippen molar-refractivity contribution in [3.8, 4) is 0 Å². The van der Waals surface area contributed by atoms with Gasteiger partial charge in [0, 0.05) is 45.3 Å². The molecule has 2 saturated heterocycles. The fraction of sp³-hybridized carbons (Fsp3) is 0.714. The monoisotopic (exact) mass is 592 g/mol. The van der Waals surface area contributed by atoms with Gasteiger partial charge in [-0.1, -0.05) is 89.4 Å². The van der Waals surface area contributed by atoms with Gasteiger partial charge in [-0.15, -0.1) is 0 Å². The summed E-state index contributed by atoms with van der Waals surface area (Å²) in [5.41, 5.74) is 0. The van der Waals surface area contributed by atoms with E-state index in [-0.39, 0.29) is 48.0 Å². The van der Waals surface area contributed by atoms with Crippen LogP contribution in [0.1, 0.15) is 90.4 Å². The molecule has 5 rings (SSSR count). The van der Waals surface area contributed by atoms with E-state index in [0.29, 0.717) is 13.0 Å². The Hall–Kier alpha value is -2.74. The van der Waals surface area contributed by atoms with E-state index < -0.39 is 6.10 Å². The molecule has 2 bridgehead atoms. The number of carbonyl (C=O) groups excluding carboxylic acids is 3. The molecule has 3 fully saturated rings. The minimum atomic E-state index is -0.515. The van der Waals surface area contributed by atoms with Crippen molar-refractivity contribution in [3.63, 3.8) is 0 Å². The lowest BCUT2D eigenvalue weighted by Crippen LogP contribution is -2.51. The number of unbranched alkanes of at least 4 members (excludes halogenated alkanes) is 10. The number of imide groups is 1. The van der Waals surface area contributed by atoms with Crippen LogP contribution in [0, 0.1) is 23.7 Å². The zero-order chi connectivity index (χ0) is 30.0. The summed E-state index contributed by atoms with van der Waals surface area (Å²) >= 11 is 0. The second-order valence-electron chi connectivity index (χ2n) is 13.2. The molecule has 5 atom stereocenters. The molecule has 3 heterocycles. The predicted molar refractivity (Wildman–Crippen MR) is 168 cm³/mol. The number of ether oxygens (including phenoxy) is 1. The Morgan fingerprint density at radius 1 is 0.837 bits per heavy atom. The molecule has 2 aliphatic heterocycles. The Morgan fingerprint density at radius 3 is 2.02 bits per heavy atom. The second-order valence-corrected chi connectivity index (χ2v) is 13.2. The number of fused-ring (bicyclic) bond motifs is 5. The third kappa shape index (κ3) is 8.25. The average molecular weight is 593 g/mol. The molecule has 0 aromatic carbocycles. The lowest BCUT2D eigenvalue weighted by Gasteiger charge is -2.37. The van der Waals surface area contributed by atoms with Crippen molar-refractivity contribution in [1.82, 2.24) is 14.8 Å². The summed E-state index contributed by atoms with van der Waals surface area (Å²) < 4.78 is 6.04. The van der Waals surface area contributed by atoms with Crippen molar-refractivity contribution in [2.75, 3.05) is 44.2 Å². The molecule has 0 spiro atoms. The molecular weight excluding hydrogens is 540 g/mol. The highest BCUT2D eigenvalue weighted by molar-refractivity contribution is 6.06. The molecule has 0 N–H and O–H groups in total. The summed E-state index contributed by atoms with van der Waals surface area (Å²) in [4.78, 5) is 50.2. The summed E-state index contributed by atoms with van der Waals surface area (Å²) in [5, 5.41) is 0. The van der Waals surface area contributed by atoms with Crippen LogP contribution in [0.4, 0.5) is 5.82 Å². The standard InChI is InChI=1S/C35H52N4O4/c1-2-3-4-5-6-7-8-9-10-11-12-16-31(40)43-29(25-37-20-22-38(23-21-37)30-15-13-14-19-36-30)26-39-34(41)32-27-17-18-28(24-27)33(32)35(39)42/h13-15,17-19,27-29,32-33H,2-12,16,20-26H2,1H3. The third-order valence-electron chi connectivity index (χ3n) is 10.0. The number of esters is 1. The van der Waals surface area contributed by atoms with Gasteiger partial charge in [-0.25, -0.2) is 4.98 Å². The van der Waals surface area contributed by atoms with Crippen LogP contribution in [-0.4, -0.2) is 77.9 Å². The van der Waals surface area contributed by atoms with Gasteiger partial charge in [0.2, 0.25) is 11.8 Å². The van der Waals surface area contributed by atoms with E-state index in [9.17, 15) is 14.4 Å². The van der Waals surface area contributed by atoms with Crippen LogP contribution in [0.5, 0.6) is 0 Å². The van der Waals surface area contributed by atoms with Crippen LogP contribution >= 0.6 is 0 Å². The molecule has 1 saturated carbocycles. The first-order chi connectivity index (χ1) is 21.0. The maximum Gasteiger partial charge on any atom is 0.306 e. The van der Waals surface area contributed by atoms with Crippen LogP contribution in [-0.2, 0) is 19.1 Å². The number of pyridine rings is 1. The van der Waals surface area contributed by atoms with Crippen LogP contribution in [0.2, 0.25) is 0 Å². The van der Waals surface area contributed by atoms with Gasteiger partial charge in [0.25, 0.3) is 0 Å². The van der Waals surface area contributed by atoms with E-state index in [1.165, 1.54) is 56.3 Å². The Balaban J connectivity index is 1.08. The van der Waals surface area contributed by atoms with Crippen LogP contribution in [0.15, 0.2) is 36.5 Å². The van der Waals surface area contributed by atoms with Gasteiger partial charge in [0.1, 0.15) is 11.9 Å². The van der Waals surface area contributed by atoms with Crippen LogP contribution < -0.4 is 4.90 Å². The highest BCUT2D eigenvalue weighted by Gasteiger charge is 2.59. The summed E-state index contributed by atoms with van der Waals surface area (Å²) in [6.45, 7) is 6.22. The number of likely N-dealkylation sites (tertiary alicyclic amines) is 1. The van der Waals surface area contributed by atoms with Gasteiger partial charge in [0.05, 0.1) is 18.4 Å². The molecule has 2 aliphatic carbocycles. The van der Waals surface area contributed by atoms with Gasteiger partial charge in [0.15, 0.2) is 0 Å². The van der Waals surface area contributed by atoms with E-state index in [0.717, 1.165) is 57.7 Å². The Labute approximate surface area is 258 Å². The Bertz CT molecular complexity index is 1060. The van der Waals surface area contributed by atoms with Gasteiger partial charge in [-0.2, -0.15) is 0 Å². The number of aromatic nitrogens is 1. The number of rotatable bonds is 18. The minimum absolute atomic E-state index is 0.0711. The maximum absolute atomic E-state index is 13.4. The van der Waals surface area contributed by atoms with E-state index in [4.69, 9.17) is 4.74 Å². The molecule has 1 aromatic rings. The SMILES string of the molecule is CCCCCCCCCCCCCC(=O)OC(CN1CCN(c2ccccn2)CC1)CN1C(=O)C2C3C=CC(C3)C2C1=O. The maximum atomic E-state index is 13.4. The lowest BCUT2D eigenvalue weighted by atomic mass is 9.85. The van der Waals surface area contributed by atoms with Crippen molar-refractivity contribution in [1.29, 1.82) is 0 Å². The average Bonchev–Trinajstić information content (AvgIpc) is 3.71. The molecule has 5 unspecified atom stereocenters. The molecule has 2 amide bonds. The fourth-order valence-corrected chi connectivity index (χ4v) is 7.65. The summed E-state index contributed by atoms with van der Waals surface area (Å²) in [6, 6.07) is 5.95.